The summed E-state index contributed by atoms with van der Waals surface area (Å²) in [6.07, 6.45) is 9.46. The summed E-state index contributed by atoms with van der Waals surface area (Å²) >= 11 is 0. The first-order chi connectivity index (χ1) is 13.5. The minimum atomic E-state index is -0.752. The van der Waals surface area contributed by atoms with Gasteiger partial charge in [-0.1, -0.05) is 45.2 Å². The molecule has 156 valence electrons. The molecule has 0 atom stereocenters. The van der Waals surface area contributed by atoms with Crippen LogP contribution in [-0.4, -0.2) is 25.5 Å². The summed E-state index contributed by atoms with van der Waals surface area (Å²) in [7, 11) is 0. The molecule has 0 unspecified atom stereocenters. The van der Waals surface area contributed by atoms with Crippen LogP contribution < -0.4 is 4.74 Å². The quantitative estimate of drug-likeness (QED) is 0.455. The zero-order valence-corrected chi connectivity index (χ0v) is 17.7. The lowest BCUT2D eigenvalue weighted by molar-refractivity contribution is -0.250. The lowest BCUT2D eigenvalue weighted by Crippen LogP contribution is -2.49. The Morgan fingerprint density at radius 1 is 1.04 bits per heavy atom. The van der Waals surface area contributed by atoms with Crippen LogP contribution in [0.15, 0.2) is 24.3 Å². The summed E-state index contributed by atoms with van der Waals surface area (Å²) in [5.41, 5.74) is 0.507. The molecule has 1 heterocycles. The number of carbonyl (C=O) groups excluding carboxylic acids is 1. The highest BCUT2D eigenvalue weighted by atomic mass is 16.7. The third kappa shape index (κ3) is 5.36. The molecular formula is C24H36O4. The molecule has 0 N–H and O–H groups in total. The molecule has 3 rings (SSSR count). The van der Waals surface area contributed by atoms with Gasteiger partial charge in [0.15, 0.2) is 6.29 Å². The number of ether oxygens (including phenoxy) is 3. The van der Waals surface area contributed by atoms with Crippen molar-refractivity contribution < 1.29 is 19.0 Å². The van der Waals surface area contributed by atoms with E-state index >= 15 is 0 Å². The summed E-state index contributed by atoms with van der Waals surface area (Å²) in [6, 6.07) is 7.78. The molecule has 28 heavy (non-hydrogen) atoms. The van der Waals surface area contributed by atoms with Crippen LogP contribution in [0.1, 0.15) is 71.3 Å². The van der Waals surface area contributed by atoms with E-state index in [9.17, 15) is 4.79 Å². The number of rotatable bonds is 7. The van der Waals surface area contributed by atoms with Gasteiger partial charge in [-0.2, -0.15) is 0 Å². The number of hydrogen-bond donors (Lipinski definition) is 0. The first-order valence-electron chi connectivity index (χ1n) is 11.1. The third-order valence-electron chi connectivity index (χ3n) is 6.27. The van der Waals surface area contributed by atoms with Crippen LogP contribution in [0.3, 0.4) is 0 Å². The van der Waals surface area contributed by atoms with Crippen molar-refractivity contribution in [2.45, 2.75) is 78.4 Å². The van der Waals surface area contributed by atoms with Crippen molar-refractivity contribution in [3.05, 3.63) is 29.8 Å². The molecule has 1 aromatic carbocycles. The molecule has 1 aliphatic heterocycles. The average molecular weight is 389 g/mol. The Morgan fingerprint density at radius 2 is 1.68 bits per heavy atom. The predicted octanol–water partition coefficient (Wildman–Crippen LogP) is 5.53. The van der Waals surface area contributed by atoms with Gasteiger partial charge in [-0.15, -0.1) is 0 Å². The number of hydrogen-bond acceptors (Lipinski definition) is 4. The van der Waals surface area contributed by atoms with E-state index in [1.54, 1.807) is 0 Å². The van der Waals surface area contributed by atoms with Crippen molar-refractivity contribution in [3.8, 4) is 5.75 Å². The summed E-state index contributed by atoms with van der Waals surface area (Å²) in [5.74, 6) is 1.64. The molecule has 1 aliphatic carbocycles. The molecule has 0 radical (unpaired) electrons. The highest BCUT2D eigenvalue weighted by Gasteiger charge is 2.43. The molecule has 2 fully saturated rings. The molecule has 2 aliphatic rings. The smallest absolute Gasteiger partial charge is 0.321 e. The molecule has 1 saturated heterocycles. The Labute approximate surface area is 169 Å². The number of esters is 1. The second-order valence-electron chi connectivity index (χ2n) is 8.90. The fourth-order valence-corrected chi connectivity index (χ4v) is 4.41. The molecule has 0 spiro atoms. The SMILES string of the molecule is CCCc1ccc(OC(=O)C2(C)COC(C3CCC(CCC)CC3)OC2)cc1. The number of benzene rings is 1. The average Bonchev–Trinajstić information content (AvgIpc) is 2.71. The Hall–Kier alpha value is -1.39. The summed E-state index contributed by atoms with van der Waals surface area (Å²) in [5, 5.41) is 0. The second kappa shape index (κ2) is 9.89. The van der Waals surface area contributed by atoms with Gasteiger partial charge >= 0.3 is 5.97 Å². The highest BCUT2D eigenvalue weighted by molar-refractivity contribution is 5.79. The van der Waals surface area contributed by atoms with E-state index in [2.05, 4.69) is 13.8 Å². The fourth-order valence-electron chi connectivity index (χ4n) is 4.41. The third-order valence-corrected chi connectivity index (χ3v) is 6.27. The van der Waals surface area contributed by atoms with Crippen LogP contribution >= 0.6 is 0 Å². The monoisotopic (exact) mass is 388 g/mol. The van der Waals surface area contributed by atoms with Gasteiger partial charge in [0, 0.05) is 5.92 Å². The topological polar surface area (TPSA) is 44.8 Å². The van der Waals surface area contributed by atoms with Crippen LogP contribution in [-0.2, 0) is 20.7 Å². The normalized spacial score (nSPS) is 30.8. The van der Waals surface area contributed by atoms with Gasteiger partial charge in [-0.25, -0.2) is 0 Å². The molecule has 0 amide bonds. The lowest BCUT2D eigenvalue weighted by Gasteiger charge is -2.40. The van der Waals surface area contributed by atoms with Crippen molar-refractivity contribution in [1.82, 2.24) is 0 Å². The van der Waals surface area contributed by atoms with Gasteiger partial charge in [0.05, 0.1) is 13.2 Å². The van der Waals surface area contributed by atoms with Gasteiger partial charge < -0.3 is 14.2 Å². The maximum atomic E-state index is 12.7. The van der Waals surface area contributed by atoms with Crippen molar-refractivity contribution in [1.29, 1.82) is 0 Å². The highest BCUT2D eigenvalue weighted by Crippen LogP contribution is 2.37. The molecular weight excluding hydrogens is 352 g/mol. The predicted molar refractivity (Wildman–Crippen MR) is 110 cm³/mol. The Bertz CT molecular complexity index is 608. The molecule has 4 nitrogen and oxygen atoms in total. The lowest BCUT2D eigenvalue weighted by atomic mass is 9.79. The van der Waals surface area contributed by atoms with E-state index in [1.165, 1.54) is 44.1 Å². The van der Waals surface area contributed by atoms with E-state index < -0.39 is 5.41 Å². The Kier molecular flexibility index (Phi) is 7.53. The van der Waals surface area contributed by atoms with Crippen molar-refractivity contribution >= 4 is 5.97 Å². The van der Waals surface area contributed by atoms with Crippen LogP contribution in [0.5, 0.6) is 5.75 Å². The van der Waals surface area contributed by atoms with Crippen LogP contribution in [0.25, 0.3) is 0 Å². The first-order valence-corrected chi connectivity index (χ1v) is 11.1. The summed E-state index contributed by atoms with van der Waals surface area (Å²) in [4.78, 5) is 12.7. The minimum Gasteiger partial charge on any atom is -0.426 e. The van der Waals surface area contributed by atoms with Crippen LogP contribution in [0, 0.1) is 17.3 Å². The van der Waals surface area contributed by atoms with Crippen molar-refractivity contribution in [2.75, 3.05) is 13.2 Å². The van der Waals surface area contributed by atoms with Crippen molar-refractivity contribution in [3.63, 3.8) is 0 Å². The van der Waals surface area contributed by atoms with Gasteiger partial charge in [-0.05, 0) is 62.6 Å². The molecule has 1 aromatic rings. The standard InChI is InChI=1S/C24H36O4/c1-4-6-18-8-12-20(13-9-18)22-26-16-24(3,17-27-22)23(25)28-21-14-10-19(7-5-2)11-15-21/h10-11,14-15,18,20,22H,4-9,12-13,16-17H2,1-3H3. The Morgan fingerprint density at radius 3 is 2.25 bits per heavy atom. The van der Waals surface area contributed by atoms with E-state index in [0.717, 1.165) is 18.8 Å². The maximum absolute atomic E-state index is 12.7. The van der Waals surface area contributed by atoms with E-state index in [4.69, 9.17) is 14.2 Å². The minimum absolute atomic E-state index is 0.170. The van der Waals surface area contributed by atoms with Gasteiger partial charge in [0.25, 0.3) is 0 Å². The molecule has 4 heteroatoms. The first kappa shape index (κ1) is 21.3. The second-order valence-corrected chi connectivity index (χ2v) is 8.90. The fraction of sp³-hybridized carbons (Fsp3) is 0.708. The molecule has 1 saturated carbocycles. The summed E-state index contributed by atoms with van der Waals surface area (Å²) in [6.45, 7) is 7.01. The van der Waals surface area contributed by atoms with Gasteiger partial charge in [0.2, 0.25) is 0 Å². The molecule has 0 aromatic heterocycles. The van der Waals surface area contributed by atoms with Crippen molar-refractivity contribution in [2.24, 2.45) is 17.3 Å². The largest absolute Gasteiger partial charge is 0.426 e. The number of carbonyl (C=O) groups is 1. The zero-order chi connectivity index (χ0) is 20.0. The summed E-state index contributed by atoms with van der Waals surface area (Å²) < 4.78 is 17.6. The van der Waals surface area contributed by atoms with Crippen LogP contribution in [0.2, 0.25) is 0 Å². The zero-order valence-electron chi connectivity index (χ0n) is 17.7. The van der Waals surface area contributed by atoms with E-state index in [0.29, 0.717) is 24.9 Å². The van der Waals surface area contributed by atoms with E-state index in [1.807, 2.05) is 31.2 Å². The molecule has 0 bridgehead atoms. The van der Waals surface area contributed by atoms with E-state index in [-0.39, 0.29) is 12.3 Å². The Balaban J connectivity index is 1.48. The van der Waals surface area contributed by atoms with Gasteiger partial charge in [0.1, 0.15) is 11.2 Å². The van der Waals surface area contributed by atoms with Gasteiger partial charge in [-0.3, -0.25) is 4.79 Å². The maximum Gasteiger partial charge on any atom is 0.321 e. The van der Waals surface area contributed by atoms with Crippen LogP contribution in [0.4, 0.5) is 0 Å². The number of aryl methyl sites for hydroxylation is 1.